The normalized spacial score (nSPS) is 9.92. The molecule has 0 aliphatic carbocycles. The van der Waals surface area contributed by atoms with E-state index in [0.29, 0.717) is 6.20 Å². The smallest absolute Gasteiger partial charge is 0.258 e. The third kappa shape index (κ3) is 1.23. The van der Waals surface area contributed by atoms with E-state index in [1.54, 1.807) is 0 Å². The molecule has 0 aliphatic rings. The van der Waals surface area contributed by atoms with Crippen LogP contribution in [0.4, 0.5) is 14.5 Å². The zero-order valence-electron chi connectivity index (χ0n) is 6.04. The maximum Gasteiger partial charge on any atom is 0.329 e. The van der Waals surface area contributed by atoms with E-state index < -0.39 is 22.4 Å². The van der Waals surface area contributed by atoms with E-state index in [1.807, 2.05) is 0 Å². The molecule has 1 aromatic heterocycles. The molecule has 0 bridgehead atoms. The van der Waals surface area contributed by atoms with Crippen LogP contribution >= 0.6 is 0 Å². The lowest BCUT2D eigenvalue weighted by atomic mass is 10.2. The summed E-state index contributed by atoms with van der Waals surface area (Å²) in [6.07, 6.45) is 0.609. The van der Waals surface area contributed by atoms with Gasteiger partial charge in [0.2, 0.25) is 0 Å². The number of nitro groups is 1. The molecular weight excluding hydrogens is 170 g/mol. The highest BCUT2D eigenvalue weighted by Crippen LogP contribution is 2.21. The van der Waals surface area contributed by atoms with Gasteiger partial charge in [0, 0.05) is 0 Å². The first-order valence-corrected chi connectivity index (χ1v) is 2.99. The SMILES string of the molecule is Cc1c(F)cnc(F)c1[N+](=O)[O-]. The van der Waals surface area contributed by atoms with Crippen molar-refractivity contribution < 1.29 is 13.7 Å². The van der Waals surface area contributed by atoms with E-state index in [4.69, 9.17) is 0 Å². The van der Waals surface area contributed by atoms with Crippen molar-refractivity contribution in [2.45, 2.75) is 6.92 Å². The van der Waals surface area contributed by atoms with Gasteiger partial charge in [-0.3, -0.25) is 10.1 Å². The molecule has 0 saturated carbocycles. The summed E-state index contributed by atoms with van der Waals surface area (Å²) < 4.78 is 25.1. The molecule has 6 heteroatoms. The van der Waals surface area contributed by atoms with Gasteiger partial charge >= 0.3 is 5.69 Å². The van der Waals surface area contributed by atoms with Crippen LogP contribution in [0.5, 0.6) is 0 Å². The summed E-state index contributed by atoms with van der Waals surface area (Å²) in [4.78, 5) is 12.0. The van der Waals surface area contributed by atoms with E-state index >= 15 is 0 Å². The predicted octanol–water partition coefficient (Wildman–Crippen LogP) is 1.58. The fourth-order valence-electron chi connectivity index (χ4n) is 0.751. The van der Waals surface area contributed by atoms with Crippen LogP contribution in [0.25, 0.3) is 0 Å². The maximum atomic E-state index is 12.6. The Kier molecular flexibility index (Phi) is 1.99. The van der Waals surface area contributed by atoms with Gasteiger partial charge in [-0.2, -0.15) is 4.39 Å². The van der Waals surface area contributed by atoms with Crippen LogP contribution in [-0.4, -0.2) is 9.91 Å². The Hall–Kier alpha value is -1.59. The van der Waals surface area contributed by atoms with Gasteiger partial charge in [-0.05, 0) is 6.92 Å². The Morgan fingerprint density at radius 1 is 1.58 bits per heavy atom. The van der Waals surface area contributed by atoms with E-state index in [1.165, 1.54) is 0 Å². The van der Waals surface area contributed by atoms with E-state index in [-0.39, 0.29) is 5.56 Å². The van der Waals surface area contributed by atoms with E-state index in [0.717, 1.165) is 6.92 Å². The quantitative estimate of drug-likeness (QED) is 0.369. The topological polar surface area (TPSA) is 56.0 Å². The van der Waals surface area contributed by atoms with Crippen LogP contribution in [0.1, 0.15) is 5.56 Å². The van der Waals surface area contributed by atoms with Gasteiger partial charge in [0.15, 0.2) is 5.82 Å². The Balaban J connectivity index is 3.43. The van der Waals surface area contributed by atoms with Crippen LogP contribution in [-0.2, 0) is 0 Å². The lowest BCUT2D eigenvalue weighted by Crippen LogP contribution is -2.00. The van der Waals surface area contributed by atoms with Crippen LogP contribution in [0.3, 0.4) is 0 Å². The molecule has 0 atom stereocenters. The molecule has 0 aromatic carbocycles. The lowest BCUT2D eigenvalue weighted by molar-refractivity contribution is -0.388. The standard InChI is InChI=1S/C6H4F2N2O2/c1-3-4(7)2-9-6(8)5(3)10(11)12/h2H,1H3. The molecule has 12 heavy (non-hydrogen) atoms. The Morgan fingerprint density at radius 2 is 2.17 bits per heavy atom. The average Bonchev–Trinajstić information content (AvgIpc) is 1.97. The number of pyridine rings is 1. The number of hydrogen-bond acceptors (Lipinski definition) is 3. The molecule has 1 aromatic rings. The number of halogens is 2. The van der Waals surface area contributed by atoms with Crippen molar-refractivity contribution >= 4 is 5.69 Å². The minimum Gasteiger partial charge on any atom is -0.258 e. The summed E-state index contributed by atoms with van der Waals surface area (Å²) in [5, 5.41) is 10.2. The van der Waals surface area contributed by atoms with Gasteiger partial charge in [0.25, 0.3) is 5.95 Å². The second-order valence-electron chi connectivity index (χ2n) is 2.13. The summed E-state index contributed by atoms with van der Waals surface area (Å²) in [6.45, 7) is 1.12. The molecule has 0 N–H and O–H groups in total. The highest BCUT2D eigenvalue weighted by atomic mass is 19.1. The Bertz CT molecular complexity index is 341. The van der Waals surface area contributed by atoms with Gasteiger partial charge in [0.05, 0.1) is 16.7 Å². The van der Waals surface area contributed by atoms with Crippen LogP contribution in [0.15, 0.2) is 6.20 Å². The summed E-state index contributed by atoms with van der Waals surface area (Å²) in [6, 6.07) is 0. The van der Waals surface area contributed by atoms with Gasteiger partial charge in [0.1, 0.15) is 0 Å². The molecule has 0 saturated heterocycles. The lowest BCUT2D eigenvalue weighted by Gasteiger charge is -1.97. The third-order valence-electron chi connectivity index (χ3n) is 1.38. The fraction of sp³-hybridized carbons (Fsp3) is 0.167. The first kappa shape index (κ1) is 8.51. The molecule has 0 unspecified atom stereocenters. The largest absolute Gasteiger partial charge is 0.329 e. The number of rotatable bonds is 1. The zero-order valence-corrected chi connectivity index (χ0v) is 6.04. The molecule has 4 nitrogen and oxygen atoms in total. The van der Waals surface area contributed by atoms with Gasteiger partial charge in [-0.15, -0.1) is 0 Å². The molecule has 0 aliphatic heterocycles. The Morgan fingerprint density at radius 3 is 2.58 bits per heavy atom. The van der Waals surface area contributed by atoms with Crippen molar-refractivity contribution in [3.05, 3.63) is 33.6 Å². The first-order valence-electron chi connectivity index (χ1n) is 2.99. The molecule has 0 spiro atoms. The Labute approximate surface area is 66.0 Å². The molecule has 1 heterocycles. The first-order chi connectivity index (χ1) is 5.54. The summed E-state index contributed by atoms with van der Waals surface area (Å²) >= 11 is 0. The van der Waals surface area contributed by atoms with E-state index in [9.17, 15) is 18.9 Å². The van der Waals surface area contributed by atoms with Crippen molar-refractivity contribution in [3.8, 4) is 0 Å². The number of aromatic nitrogens is 1. The van der Waals surface area contributed by atoms with Crippen molar-refractivity contribution in [1.82, 2.24) is 4.98 Å². The summed E-state index contributed by atoms with van der Waals surface area (Å²) in [5.41, 5.74) is -1.25. The van der Waals surface area contributed by atoms with Crippen LogP contribution in [0, 0.1) is 28.8 Å². The summed E-state index contributed by atoms with van der Waals surface area (Å²) in [5.74, 6) is -2.15. The fourth-order valence-corrected chi connectivity index (χ4v) is 0.751. The molecule has 0 radical (unpaired) electrons. The highest BCUT2D eigenvalue weighted by molar-refractivity contribution is 5.37. The monoisotopic (exact) mass is 174 g/mol. The zero-order chi connectivity index (χ0) is 9.30. The average molecular weight is 174 g/mol. The predicted molar refractivity (Wildman–Crippen MR) is 35.5 cm³/mol. The number of hydrogen-bond donors (Lipinski definition) is 0. The number of nitrogens with zero attached hydrogens (tertiary/aromatic N) is 2. The molecule has 0 amide bonds. The van der Waals surface area contributed by atoms with Gasteiger partial charge in [-0.25, -0.2) is 9.37 Å². The van der Waals surface area contributed by atoms with Crippen molar-refractivity contribution in [3.63, 3.8) is 0 Å². The van der Waals surface area contributed by atoms with Crippen molar-refractivity contribution in [2.24, 2.45) is 0 Å². The van der Waals surface area contributed by atoms with E-state index in [2.05, 4.69) is 4.98 Å². The second-order valence-corrected chi connectivity index (χ2v) is 2.13. The second kappa shape index (κ2) is 2.80. The minimum atomic E-state index is -1.26. The third-order valence-corrected chi connectivity index (χ3v) is 1.38. The van der Waals surface area contributed by atoms with Gasteiger partial charge in [-0.1, -0.05) is 0 Å². The molecule has 0 fully saturated rings. The molecular formula is C6H4F2N2O2. The van der Waals surface area contributed by atoms with Gasteiger partial charge < -0.3 is 0 Å². The van der Waals surface area contributed by atoms with Crippen molar-refractivity contribution in [1.29, 1.82) is 0 Å². The van der Waals surface area contributed by atoms with Crippen molar-refractivity contribution in [2.75, 3.05) is 0 Å². The summed E-state index contributed by atoms with van der Waals surface area (Å²) in [7, 11) is 0. The van der Waals surface area contributed by atoms with Crippen LogP contribution < -0.4 is 0 Å². The highest BCUT2D eigenvalue weighted by Gasteiger charge is 2.21. The van der Waals surface area contributed by atoms with Crippen LogP contribution in [0.2, 0.25) is 0 Å². The minimum absolute atomic E-state index is 0.340. The molecule has 64 valence electrons. The molecule has 1 rings (SSSR count). The maximum absolute atomic E-state index is 12.6.